The van der Waals surface area contributed by atoms with Crippen LogP contribution in [0.5, 0.6) is 5.88 Å². The Balaban J connectivity index is 1.63. The summed E-state index contributed by atoms with van der Waals surface area (Å²) in [5.74, 6) is 0.760. The molecule has 96 valence electrons. The van der Waals surface area contributed by atoms with Crippen LogP contribution in [0.1, 0.15) is 11.5 Å². The Morgan fingerprint density at radius 1 is 1.61 bits per heavy atom. The lowest BCUT2D eigenvalue weighted by Gasteiger charge is -2.04. The number of aromatic amines is 1. The topological polar surface area (TPSA) is 93.0 Å². The van der Waals surface area contributed by atoms with Gasteiger partial charge in [-0.05, 0) is 12.1 Å². The molecule has 2 N–H and O–H groups in total. The first-order chi connectivity index (χ1) is 8.74. The highest BCUT2D eigenvalue weighted by Crippen LogP contribution is 2.09. The molecule has 0 saturated carbocycles. The fourth-order valence-corrected chi connectivity index (χ4v) is 1.36. The molecule has 2 rings (SSSR count). The van der Waals surface area contributed by atoms with Crippen LogP contribution in [0.25, 0.3) is 0 Å². The quantitative estimate of drug-likeness (QED) is 0.776. The normalized spacial score (nSPS) is 10.3. The molecule has 2 aromatic rings. The largest absolute Gasteiger partial charge is 0.465 e. The molecule has 0 saturated heterocycles. The summed E-state index contributed by atoms with van der Waals surface area (Å²) < 4.78 is 9.95. The number of imidazole rings is 1. The summed E-state index contributed by atoms with van der Waals surface area (Å²) in [6.45, 7) is 2.21. The third kappa shape index (κ3) is 3.62. The van der Waals surface area contributed by atoms with Gasteiger partial charge in [-0.3, -0.25) is 4.79 Å². The molecule has 0 fully saturated rings. The number of ether oxygens (including phenoxy) is 1. The zero-order valence-corrected chi connectivity index (χ0v) is 9.97. The Hall–Kier alpha value is -2.31. The molecule has 0 aliphatic rings. The monoisotopic (exact) mass is 250 g/mol. The predicted octanol–water partition coefficient (Wildman–Crippen LogP) is 0.444. The summed E-state index contributed by atoms with van der Waals surface area (Å²) in [6, 6.07) is 1.62. The molecule has 0 radical (unpaired) electrons. The number of aromatic nitrogens is 3. The average Bonchev–Trinajstić information content (AvgIpc) is 2.98. The second kappa shape index (κ2) is 5.85. The highest BCUT2D eigenvalue weighted by Gasteiger charge is 2.05. The number of H-pyrrole nitrogens is 1. The van der Waals surface area contributed by atoms with Crippen molar-refractivity contribution in [3.8, 4) is 5.88 Å². The van der Waals surface area contributed by atoms with Gasteiger partial charge in [0, 0.05) is 30.9 Å². The van der Waals surface area contributed by atoms with Gasteiger partial charge in [-0.25, -0.2) is 4.98 Å². The molecule has 2 aromatic heterocycles. The maximum Gasteiger partial charge on any atom is 0.258 e. The molecule has 1 amide bonds. The Kier molecular flexibility index (Phi) is 3.95. The number of nitrogens with one attached hydrogen (secondary N) is 2. The maximum absolute atomic E-state index is 11.4. The standard InChI is InChI=1S/C11H14N4O3/c1-8-4-11(15-18-8)17-6-10(16)13-3-2-9-5-12-7-14-9/h4-5,7H,2-3,6H2,1H3,(H,12,14)(H,13,16). The van der Waals surface area contributed by atoms with Gasteiger partial charge in [0.05, 0.1) is 6.33 Å². The highest BCUT2D eigenvalue weighted by atomic mass is 16.5. The van der Waals surface area contributed by atoms with Crippen molar-refractivity contribution in [3.63, 3.8) is 0 Å². The number of rotatable bonds is 6. The lowest BCUT2D eigenvalue weighted by atomic mass is 10.3. The SMILES string of the molecule is Cc1cc(OCC(=O)NCCc2cnc[nH]2)no1. The van der Waals surface area contributed by atoms with Gasteiger partial charge in [-0.2, -0.15) is 0 Å². The summed E-state index contributed by atoms with van der Waals surface area (Å²) in [6.07, 6.45) is 4.03. The number of hydrogen-bond donors (Lipinski definition) is 2. The van der Waals surface area contributed by atoms with Crippen molar-refractivity contribution in [3.05, 3.63) is 30.0 Å². The molecule has 7 heteroatoms. The van der Waals surface area contributed by atoms with Crippen LogP contribution in [0, 0.1) is 6.92 Å². The van der Waals surface area contributed by atoms with Crippen molar-refractivity contribution in [1.82, 2.24) is 20.4 Å². The summed E-state index contributed by atoms with van der Waals surface area (Å²) >= 11 is 0. The molecule has 0 atom stereocenters. The molecule has 0 aliphatic carbocycles. The first kappa shape index (κ1) is 12.2. The van der Waals surface area contributed by atoms with E-state index in [1.165, 1.54) is 0 Å². The van der Waals surface area contributed by atoms with Crippen LogP contribution in [-0.4, -0.2) is 34.2 Å². The van der Waals surface area contributed by atoms with E-state index in [0.717, 1.165) is 5.69 Å². The lowest BCUT2D eigenvalue weighted by molar-refractivity contribution is -0.123. The van der Waals surface area contributed by atoms with Crippen LogP contribution in [-0.2, 0) is 11.2 Å². The number of carbonyl (C=O) groups excluding carboxylic acids is 1. The van der Waals surface area contributed by atoms with Crippen LogP contribution in [0.3, 0.4) is 0 Å². The Bertz CT molecular complexity index is 492. The van der Waals surface area contributed by atoms with Crippen LogP contribution in [0.15, 0.2) is 23.1 Å². The van der Waals surface area contributed by atoms with Crippen molar-refractivity contribution < 1.29 is 14.1 Å². The smallest absolute Gasteiger partial charge is 0.258 e. The first-order valence-electron chi connectivity index (χ1n) is 5.54. The fraction of sp³-hybridized carbons (Fsp3) is 0.364. The van der Waals surface area contributed by atoms with E-state index in [4.69, 9.17) is 9.26 Å². The fourth-order valence-electron chi connectivity index (χ4n) is 1.36. The highest BCUT2D eigenvalue weighted by molar-refractivity contribution is 5.77. The van der Waals surface area contributed by atoms with Crippen molar-refractivity contribution in [2.24, 2.45) is 0 Å². The molecule has 0 unspecified atom stereocenters. The minimum atomic E-state index is -0.199. The van der Waals surface area contributed by atoms with E-state index in [1.807, 2.05) is 0 Å². The van der Waals surface area contributed by atoms with E-state index in [2.05, 4.69) is 20.4 Å². The van der Waals surface area contributed by atoms with Gasteiger partial charge in [-0.15, -0.1) is 0 Å². The van der Waals surface area contributed by atoms with Crippen molar-refractivity contribution in [1.29, 1.82) is 0 Å². The van der Waals surface area contributed by atoms with E-state index in [9.17, 15) is 4.79 Å². The lowest BCUT2D eigenvalue weighted by Crippen LogP contribution is -2.30. The maximum atomic E-state index is 11.4. The molecular formula is C11H14N4O3. The van der Waals surface area contributed by atoms with Gasteiger partial charge in [0.2, 0.25) is 0 Å². The Labute approximate surface area is 104 Å². The van der Waals surface area contributed by atoms with Crippen LogP contribution in [0.2, 0.25) is 0 Å². The third-order valence-electron chi connectivity index (χ3n) is 2.23. The zero-order valence-electron chi connectivity index (χ0n) is 9.97. The molecule has 18 heavy (non-hydrogen) atoms. The van der Waals surface area contributed by atoms with E-state index in [-0.39, 0.29) is 12.5 Å². The first-order valence-corrected chi connectivity index (χ1v) is 5.54. The van der Waals surface area contributed by atoms with Gasteiger partial charge in [0.1, 0.15) is 5.76 Å². The minimum Gasteiger partial charge on any atom is -0.465 e. The molecule has 0 aromatic carbocycles. The molecule has 0 bridgehead atoms. The molecule has 0 spiro atoms. The Morgan fingerprint density at radius 3 is 3.17 bits per heavy atom. The number of carbonyl (C=O) groups is 1. The van der Waals surface area contributed by atoms with Gasteiger partial charge < -0.3 is 19.6 Å². The summed E-state index contributed by atoms with van der Waals surface area (Å²) in [7, 11) is 0. The van der Waals surface area contributed by atoms with Crippen molar-refractivity contribution in [2.75, 3.05) is 13.2 Å². The van der Waals surface area contributed by atoms with Gasteiger partial charge in [-0.1, -0.05) is 0 Å². The number of hydrogen-bond acceptors (Lipinski definition) is 5. The molecule has 7 nitrogen and oxygen atoms in total. The summed E-state index contributed by atoms with van der Waals surface area (Å²) in [5, 5.41) is 6.35. The van der Waals surface area contributed by atoms with E-state index in [0.29, 0.717) is 24.6 Å². The van der Waals surface area contributed by atoms with Crippen LogP contribution in [0.4, 0.5) is 0 Å². The minimum absolute atomic E-state index is 0.0745. The van der Waals surface area contributed by atoms with Crippen molar-refractivity contribution >= 4 is 5.91 Å². The van der Waals surface area contributed by atoms with Gasteiger partial charge >= 0.3 is 0 Å². The zero-order chi connectivity index (χ0) is 12.8. The van der Waals surface area contributed by atoms with Crippen molar-refractivity contribution in [2.45, 2.75) is 13.3 Å². The second-order valence-electron chi connectivity index (χ2n) is 3.74. The second-order valence-corrected chi connectivity index (χ2v) is 3.74. The Morgan fingerprint density at radius 2 is 2.50 bits per heavy atom. The van der Waals surface area contributed by atoms with Gasteiger partial charge in [0.15, 0.2) is 6.61 Å². The number of amides is 1. The number of nitrogens with zero attached hydrogens (tertiary/aromatic N) is 2. The molecule has 2 heterocycles. The van der Waals surface area contributed by atoms with E-state index in [1.54, 1.807) is 25.5 Å². The van der Waals surface area contributed by atoms with Gasteiger partial charge in [0.25, 0.3) is 11.8 Å². The third-order valence-corrected chi connectivity index (χ3v) is 2.23. The van der Waals surface area contributed by atoms with Crippen LogP contribution >= 0.6 is 0 Å². The summed E-state index contributed by atoms with van der Waals surface area (Å²) in [5.41, 5.74) is 0.975. The van der Waals surface area contributed by atoms with E-state index >= 15 is 0 Å². The molecule has 0 aliphatic heterocycles. The van der Waals surface area contributed by atoms with E-state index < -0.39 is 0 Å². The average molecular weight is 250 g/mol. The summed E-state index contributed by atoms with van der Waals surface area (Å²) in [4.78, 5) is 18.3. The predicted molar refractivity (Wildman–Crippen MR) is 62.0 cm³/mol. The van der Waals surface area contributed by atoms with Crippen LogP contribution < -0.4 is 10.1 Å². The molecular weight excluding hydrogens is 236 g/mol. The number of aryl methyl sites for hydroxylation is 1.